The first-order valence-electron chi connectivity index (χ1n) is 13.3. The van der Waals surface area contributed by atoms with E-state index in [2.05, 4.69) is 18.7 Å². The number of aliphatic hydroxyl groups excluding tert-OH is 1. The summed E-state index contributed by atoms with van der Waals surface area (Å²) < 4.78 is 14.3. The van der Waals surface area contributed by atoms with Gasteiger partial charge in [0.05, 0.1) is 6.10 Å². The average Bonchev–Trinajstić information content (AvgIpc) is 3.40. The molecule has 0 bridgehead atoms. The van der Waals surface area contributed by atoms with Gasteiger partial charge in [0.25, 0.3) is 0 Å². The molecule has 1 atom stereocenters. The molecule has 35 heavy (non-hydrogen) atoms. The van der Waals surface area contributed by atoms with E-state index >= 15 is 0 Å². The molecule has 4 nitrogen and oxygen atoms in total. The lowest BCUT2D eigenvalue weighted by molar-refractivity contribution is -0.117. The molecule has 1 aliphatic heterocycles. The van der Waals surface area contributed by atoms with Gasteiger partial charge in [0.15, 0.2) is 0 Å². The van der Waals surface area contributed by atoms with Crippen molar-refractivity contribution in [2.45, 2.75) is 77.7 Å². The number of rotatable bonds is 11. The Balaban J connectivity index is 0.000000384. The molecule has 1 N–H and O–H groups in total. The smallest absolute Gasteiger partial charge is 0.209 e. The summed E-state index contributed by atoms with van der Waals surface area (Å²) in [5.74, 6) is -0.281. The predicted octanol–water partition coefficient (Wildman–Crippen LogP) is 7.08. The number of benzene rings is 2. The maximum absolute atomic E-state index is 14.3. The number of aliphatic hydroxyl groups is 1. The summed E-state index contributed by atoms with van der Waals surface area (Å²) in [6.45, 7) is 7.42. The number of nitrogens with zero attached hydrogens (tertiary/aromatic N) is 2. The third kappa shape index (κ3) is 12.9. The van der Waals surface area contributed by atoms with Crippen LogP contribution in [-0.2, 0) is 4.79 Å². The predicted molar refractivity (Wildman–Crippen MR) is 146 cm³/mol. The molecule has 0 aromatic heterocycles. The van der Waals surface area contributed by atoms with Gasteiger partial charge in [0.2, 0.25) is 6.41 Å². The minimum atomic E-state index is -0.631. The van der Waals surface area contributed by atoms with Crippen molar-refractivity contribution >= 4 is 6.41 Å². The van der Waals surface area contributed by atoms with Crippen LogP contribution in [0.3, 0.4) is 0 Å². The van der Waals surface area contributed by atoms with Gasteiger partial charge in [-0.25, -0.2) is 4.39 Å². The third-order valence-electron chi connectivity index (χ3n) is 6.05. The lowest BCUT2D eigenvalue weighted by atomic mass is 9.93. The zero-order chi connectivity index (χ0) is 25.9. The van der Waals surface area contributed by atoms with Gasteiger partial charge in [-0.2, -0.15) is 0 Å². The second kappa shape index (κ2) is 19.0. The molecule has 0 aliphatic carbocycles. The van der Waals surface area contributed by atoms with Crippen LogP contribution < -0.4 is 0 Å². The molecular weight excluding hydrogens is 439 g/mol. The van der Waals surface area contributed by atoms with Crippen LogP contribution >= 0.6 is 0 Å². The first-order chi connectivity index (χ1) is 16.9. The highest BCUT2D eigenvalue weighted by Crippen LogP contribution is 2.32. The van der Waals surface area contributed by atoms with Crippen molar-refractivity contribution in [3.63, 3.8) is 0 Å². The van der Waals surface area contributed by atoms with Crippen molar-refractivity contribution in [1.82, 2.24) is 9.80 Å². The first kappa shape index (κ1) is 30.8. The Morgan fingerprint density at radius 3 is 2.09 bits per heavy atom. The number of unbranched alkanes of at least 4 members (excludes halogenated alkanes) is 4. The summed E-state index contributed by atoms with van der Waals surface area (Å²) in [6.07, 6.45) is 10.8. The molecule has 196 valence electrons. The number of carbonyl (C=O) groups excluding carboxylic acids is 1. The van der Waals surface area contributed by atoms with Crippen molar-refractivity contribution < 1.29 is 14.3 Å². The van der Waals surface area contributed by atoms with Crippen LogP contribution in [0.4, 0.5) is 4.39 Å². The molecule has 1 fully saturated rings. The Labute approximate surface area is 213 Å². The second-order valence-electron chi connectivity index (χ2n) is 9.44. The molecule has 0 spiro atoms. The molecule has 2 aromatic rings. The van der Waals surface area contributed by atoms with Crippen LogP contribution in [0.1, 0.15) is 83.3 Å². The third-order valence-corrected chi connectivity index (χ3v) is 6.05. The second-order valence-corrected chi connectivity index (χ2v) is 9.44. The Morgan fingerprint density at radius 2 is 1.57 bits per heavy atom. The van der Waals surface area contributed by atoms with Crippen LogP contribution in [0, 0.1) is 5.82 Å². The lowest BCUT2D eigenvalue weighted by Gasteiger charge is -2.17. The molecule has 1 saturated heterocycles. The number of hydrogen-bond acceptors (Lipinski definition) is 3. The van der Waals surface area contributed by atoms with Crippen LogP contribution in [0.15, 0.2) is 48.5 Å². The molecule has 1 heterocycles. The highest BCUT2D eigenvalue weighted by atomic mass is 19.1. The van der Waals surface area contributed by atoms with Gasteiger partial charge in [0.1, 0.15) is 5.82 Å². The topological polar surface area (TPSA) is 43.8 Å². The monoisotopic (exact) mass is 486 g/mol. The molecule has 1 unspecified atom stereocenters. The fourth-order valence-electron chi connectivity index (χ4n) is 4.00. The van der Waals surface area contributed by atoms with E-state index in [0.717, 1.165) is 44.4 Å². The summed E-state index contributed by atoms with van der Waals surface area (Å²) >= 11 is 0. The van der Waals surface area contributed by atoms with Crippen LogP contribution in [0.2, 0.25) is 0 Å². The summed E-state index contributed by atoms with van der Waals surface area (Å²) in [6, 6.07) is 14.4. The fourth-order valence-corrected chi connectivity index (χ4v) is 4.00. The van der Waals surface area contributed by atoms with E-state index in [1.54, 1.807) is 11.0 Å². The van der Waals surface area contributed by atoms with Gasteiger partial charge >= 0.3 is 0 Å². The van der Waals surface area contributed by atoms with E-state index < -0.39 is 6.10 Å². The zero-order valence-corrected chi connectivity index (χ0v) is 22.4. The van der Waals surface area contributed by atoms with Gasteiger partial charge in [-0.3, -0.25) is 4.79 Å². The SMILES string of the molecule is CCCCCC.CN(C)CCCCC(O)c1cccc(F)c1-c1ccccc1.O=CN1CCCC1. The normalized spacial score (nSPS) is 13.5. The summed E-state index contributed by atoms with van der Waals surface area (Å²) in [4.78, 5) is 13.9. The molecule has 2 aromatic carbocycles. The first-order valence-corrected chi connectivity index (χ1v) is 13.3. The number of hydrogen-bond donors (Lipinski definition) is 1. The minimum absolute atomic E-state index is 0.281. The summed E-state index contributed by atoms with van der Waals surface area (Å²) in [5.41, 5.74) is 2.00. The lowest BCUT2D eigenvalue weighted by Crippen LogP contribution is -2.15. The molecule has 1 aliphatic rings. The van der Waals surface area contributed by atoms with E-state index in [-0.39, 0.29) is 5.82 Å². The van der Waals surface area contributed by atoms with E-state index in [9.17, 15) is 14.3 Å². The van der Waals surface area contributed by atoms with E-state index in [1.807, 2.05) is 50.5 Å². The molecular formula is C30H47FN2O2. The summed E-state index contributed by atoms with van der Waals surface area (Å²) in [7, 11) is 4.08. The van der Waals surface area contributed by atoms with Crippen molar-refractivity contribution in [2.75, 3.05) is 33.7 Å². The standard InChI is InChI=1S/C19H24FNO.C6H14.C5H9NO/c1-21(2)14-7-6-13-18(22)16-11-8-12-17(20)19(16)15-9-4-3-5-10-15;1-3-5-6-4-2;7-5-6-3-1-2-4-6/h3-5,8-12,18,22H,6-7,13-14H2,1-2H3;3-6H2,1-2H3;5H,1-4H2. The molecule has 0 saturated carbocycles. The molecule has 3 rings (SSSR count). The average molecular weight is 487 g/mol. The Hall–Kier alpha value is -2.24. The fraction of sp³-hybridized carbons (Fsp3) is 0.567. The van der Waals surface area contributed by atoms with Gasteiger partial charge in [0, 0.05) is 18.7 Å². The van der Waals surface area contributed by atoms with E-state index in [4.69, 9.17) is 0 Å². The van der Waals surface area contributed by atoms with E-state index in [0.29, 0.717) is 17.5 Å². The largest absolute Gasteiger partial charge is 0.388 e. The highest BCUT2D eigenvalue weighted by molar-refractivity contribution is 5.68. The van der Waals surface area contributed by atoms with Crippen molar-refractivity contribution in [3.05, 3.63) is 59.9 Å². The van der Waals surface area contributed by atoms with Gasteiger partial charge in [-0.1, -0.05) is 82.0 Å². The Bertz CT molecular complexity index is 788. The van der Waals surface area contributed by atoms with Gasteiger partial charge in [-0.15, -0.1) is 0 Å². The van der Waals surface area contributed by atoms with Gasteiger partial charge < -0.3 is 14.9 Å². The molecule has 0 radical (unpaired) electrons. The van der Waals surface area contributed by atoms with E-state index in [1.165, 1.54) is 44.6 Å². The minimum Gasteiger partial charge on any atom is -0.388 e. The maximum Gasteiger partial charge on any atom is 0.209 e. The van der Waals surface area contributed by atoms with Crippen LogP contribution in [0.5, 0.6) is 0 Å². The van der Waals surface area contributed by atoms with Crippen molar-refractivity contribution in [2.24, 2.45) is 0 Å². The molecule has 1 amide bonds. The number of amides is 1. The van der Waals surface area contributed by atoms with Crippen molar-refractivity contribution in [3.8, 4) is 11.1 Å². The maximum atomic E-state index is 14.3. The van der Waals surface area contributed by atoms with Crippen LogP contribution in [-0.4, -0.2) is 55.0 Å². The van der Waals surface area contributed by atoms with Gasteiger partial charge in [-0.05, 0) is 69.9 Å². The number of likely N-dealkylation sites (tertiary alicyclic amines) is 1. The van der Waals surface area contributed by atoms with Crippen LogP contribution in [0.25, 0.3) is 11.1 Å². The number of carbonyl (C=O) groups is 1. The summed E-state index contributed by atoms with van der Waals surface area (Å²) in [5, 5.41) is 10.5. The van der Waals surface area contributed by atoms with Crippen molar-refractivity contribution in [1.29, 1.82) is 0 Å². The highest BCUT2D eigenvalue weighted by Gasteiger charge is 2.16. The molecule has 5 heteroatoms. The number of halogens is 1. The Kier molecular flexibility index (Phi) is 16.7. The zero-order valence-electron chi connectivity index (χ0n) is 22.4. The quantitative estimate of drug-likeness (QED) is 0.272. The Morgan fingerprint density at radius 1 is 0.943 bits per heavy atom.